The zero-order chi connectivity index (χ0) is 15.0. The Hall–Kier alpha value is -0.610. The third kappa shape index (κ3) is 3.26. The van der Waals surface area contributed by atoms with E-state index in [1.165, 1.54) is 38.6 Å². The fourth-order valence-electron chi connectivity index (χ4n) is 4.38. The molecule has 3 fully saturated rings. The van der Waals surface area contributed by atoms with Crippen molar-refractivity contribution >= 4 is 5.97 Å². The van der Waals surface area contributed by atoms with Gasteiger partial charge in [-0.25, -0.2) is 0 Å². The highest BCUT2D eigenvalue weighted by Gasteiger charge is 2.45. The average Bonchev–Trinajstić information content (AvgIpc) is 3.00. The minimum absolute atomic E-state index is 0.0758. The lowest BCUT2D eigenvalue weighted by Crippen LogP contribution is -2.55. The molecule has 0 aromatic carbocycles. The highest BCUT2D eigenvalue weighted by molar-refractivity contribution is 5.80. The number of hydrogen-bond acceptors (Lipinski definition) is 4. The number of piperidine rings is 1. The van der Waals surface area contributed by atoms with Gasteiger partial charge in [-0.05, 0) is 65.2 Å². The Kier molecular flexibility index (Phi) is 4.28. The Morgan fingerprint density at radius 3 is 2.67 bits per heavy atom. The SMILES string of the molecule is CCOC(=O)C(C)(CC(C)N1CC2CCC1C2)NC1CC1. The number of hydrogen-bond donors (Lipinski definition) is 1. The van der Waals surface area contributed by atoms with Gasteiger partial charge in [-0.1, -0.05) is 0 Å². The van der Waals surface area contributed by atoms with Crippen LogP contribution < -0.4 is 5.32 Å². The predicted molar refractivity (Wildman–Crippen MR) is 83.1 cm³/mol. The fraction of sp³-hybridized carbons (Fsp3) is 0.941. The monoisotopic (exact) mass is 294 g/mol. The Balaban J connectivity index is 1.63. The van der Waals surface area contributed by atoms with Crippen LogP contribution in [0.3, 0.4) is 0 Å². The first-order valence-electron chi connectivity index (χ1n) is 8.72. The number of fused-ring (bicyclic) bond motifs is 2. The molecule has 0 radical (unpaired) electrons. The lowest BCUT2D eigenvalue weighted by Gasteiger charge is -2.38. The van der Waals surface area contributed by atoms with Crippen LogP contribution >= 0.6 is 0 Å². The van der Waals surface area contributed by atoms with E-state index in [2.05, 4.69) is 17.1 Å². The van der Waals surface area contributed by atoms with Crippen molar-refractivity contribution in [3.63, 3.8) is 0 Å². The second-order valence-electron chi connectivity index (χ2n) is 7.55. The maximum atomic E-state index is 12.4. The molecule has 4 heteroatoms. The van der Waals surface area contributed by atoms with Gasteiger partial charge in [-0.2, -0.15) is 0 Å². The summed E-state index contributed by atoms with van der Waals surface area (Å²) in [5.41, 5.74) is -0.529. The average molecular weight is 294 g/mol. The van der Waals surface area contributed by atoms with Crippen molar-refractivity contribution in [2.24, 2.45) is 5.92 Å². The first-order valence-corrected chi connectivity index (χ1v) is 8.72. The lowest BCUT2D eigenvalue weighted by atomic mass is 9.91. The number of carbonyl (C=O) groups excluding carboxylic acids is 1. The molecule has 2 aliphatic carbocycles. The van der Waals surface area contributed by atoms with Gasteiger partial charge >= 0.3 is 5.97 Å². The first-order chi connectivity index (χ1) is 10.0. The van der Waals surface area contributed by atoms with Crippen LogP contribution in [0.2, 0.25) is 0 Å². The predicted octanol–water partition coefficient (Wildman–Crippen LogP) is 2.32. The molecule has 0 aromatic rings. The highest BCUT2D eigenvalue weighted by Crippen LogP contribution is 2.40. The summed E-state index contributed by atoms with van der Waals surface area (Å²) in [7, 11) is 0. The van der Waals surface area contributed by atoms with Crippen molar-refractivity contribution in [1.82, 2.24) is 10.2 Å². The molecular weight excluding hydrogens is 264 g/mol. The Labute approximate surface area is 128 Å². The molecule has 1 heterocycles. The van der Waals surface area contributed by atoms with Crippen molar-refractivity contribution in [3.05, 3.63) is 0 Å². The van der Waals surface area contributed by atoms with E-state index in [1.807, 2.05) is 13.8 Å². The van der Waals surface area contributed by atoms with Crippen LogP contribution in [0, 0.1) is 5.92 Å². The Bertz CT molecular complexity index is 396. The quantitative estimate of drug-likeness (QED) is 0.732. The van der Waals surface area contributed by atoms with Crippen LogP contribution in [0.5, 0.6) is 0 Å². The topological polar surface area (TPSA) is 41.6 Å². The van der Waals surface area contributed by atoms with Gasteiger partial charge in [0.2, 0.25) is 0 Å². The van der Waals surface area contributed by atoms with Gasteiger partial charge in [-0.3, -0.25) is 15.0 Å². The van der Waals surface area contributed by atoms with Gasteiger partial charge in [0.1, 0.15) is 5.54 Å². The number of carbonyl (C=O) groups is 1. The summed E-state index contributed by atoms with van der Waals surface area (Å²) in [6.45, 7) is 7.90. The minimum Gasteiger partial charge on any atom is -0.465 e. The maximum Gasteiger partial charge on any atom is 0.326 e. The standard InChI is InChI=1S/C17H30N2O2/c1-4-21-16(20)17(3,18-14-6-7-14)10-12(2)19-11-13-5-8-15(19)9-13/h12-15,18H,4-11H2,1-3H3. The Morgan fingerprint density at radius 2 is 2.14 bits per heavy atom. The number of nitrogens with zero attached hydrogens (tertiary/aromatic N) is 1. The molecule has 4 atom stereocenters. The first kappa shape index (κ1) is 15.3. The van der Waals surface area contributed by atoms with E-state index in [0.29, 0.717) is 18.7 Å². The second-order valence-corrected chi connectivity index (χ2v) is 7.55. The molecule has 4 unspecified atom stereocenters. The van der Waals surface area contributed by atoms with Crippen LogP contribution in [0.25, 0.3) is 0 Å². The molecule has 2 bridgehead atoms. The third-order valence-corrected chi connectivity index (χ3v) is 5.55. The second kappa shape index (κ2) is 5.88. The van der Waals surface area contributed by atoms with E-state index in [1.54, 1.807) is 0 Å². The largest absolute Gasteiger partial charge is 0.465 e. The molecule has 3 rings (SSSR count). The van der Waals surface area contributed by atoms with Crippen LogP contribution in [-0.2, 0) is 9.53 Å². The van der Waals surface area contributed by atoms with Gasteiger partial charge in [-0.15, -0.1) is 0 Å². The van der Waals surface area contributed by atoms with Gasteiger partial charge in [0.05, 0.1) is 6.61 Å². The molecule has 21 heavy (non-hydrogen) atoms. The lowest BCUT2D eigenvalue weighted by molar-refractivity contribution is -0.151. The summed E-state index contributed by atoms with van der Waals surface area (Å²) in [4.78, 5) is 15.1. The summed E-state index contributed by atoms with van der Waals surface area (Å²) in [5.74, 6) is 0.829. The van der Waals surface area contributed by atoms with Crippen molar-refractivity contribution in [2.45, 2.75) is 83.0 Å². The molecule has 120 valence electrons. The van der Waals surface area contributed by atoms with Crippen LogP contribution in [0.4, 0.5) is 0 Å². The molecule has 1 saturated heterocycles. The van der Waals surface area contributed by atoms with Gasteiger partial charge in [0.15, 0.2) is 0 Å². The number of rotatable bonds is 7. The maximum absolute atomic E-state index is 12.4. The van der Waals surface area contributed by atoms with E-state index in [-0.39, 0.29) is 5.97 Å². The van der Waals surface area contributed by atoms with E-state index in [9.17, 15) is 4.79 Å². The summed E-state index contributed by atoms with van der Waals surface area (Å²) in [6.07, 6.45) is 7.36. The molecule has 4 nitrogen and oxygen atoms in total. The fourth-order valence-corrected chi connectivity index (χ4v) is 4.38. The molecule has 2 saturated carbocycles. The van der Waals surface area contributed by atoms with Crippen molar-refractivity contribution in [2.75, 3.05) is 13.2 Å². The van der Waals surface area contributed by atoms with E-state index < -0.39 is 5.54 Å². The van der Waals surface area contributed by atoms with Crippen molar-refractivity contribution in [3.8, 4) is 0 Å². The molecule has 0 amide bonds. The van der Waals surface area contributed by atoms with Crippen LogP contribution in [-0.4, -0.2) is 47.7 Å². The summed E-state index contributed by atoms with van der Waals surface area (Å²) in [6, 6.07) is 1.72. The zero-order valence-corrected chi connectivity index (χ0v) is 13.7. The molecule has 1 N–H and O–H groups in total. The zero-order valence-electron chi connectivity index (χ0n) is 13.7. The highest BCUT2D eigenvalue weighted by atomic mass is 16.5. The van der Waals surface area contributed by atoms with Gasteiger partial charge in [0.25, 0.3) is 0 Å². The van der Waals surface area contributed by atoms with Gasteiger partial charge < -0.3 is 4.74 Å². The van der Waals surface area contributed by atoms with E-state index >= 15 is 0 Å². The van der Waals surface area contributed by atoms with Gasteiger partial charge in [0, 0.05) is 24.7 Å². The van der Waals surface area contributed by atoms with Crippen LogP contribution in [0.15, 0.2) is 0 Å². The molecule has 3 aliphatic rings. The van der Waals surface area contributed by atoms with Crippen LogP contribution in [0.1, 0.15) is 59.3 Å². The number of ether oxygens (including phenoxy) is 1. The minimum atomic E-state index is -0.529. The summed E-state index contributed by atoms with van der Waals surface area (Å²) in [5, 5.41) is 3.55. The third-order valence-electron chi connectivity index (χ3n) is 5.55. The smallest absolute Gasteiger partial charge is 0.326 e. The summed E-state index contributed by atoms with van der Waals surface area (Å²) >= 11 is 0. The Morgan fingerprint density at radius 1 is 1.38 bits per heavy atom. The molecule has 0 aromatic heterocycles. The normalized spacial score (nSPS) is 32.9. The number of likely N-dealkylation sites (tertiary alicyclic amines) is 1. The number of nitrogens with one attached hydrogen (secondary N) is 1. The number of esters is 1. The molecule has 1 aliphatic heterocycles. The van der Waals surface area contributed by atoms with Crippen molar-refractivity contribution in [1.29, 1.82) is 0 Å². The van der Waals surface area contributed by atoms with E-state index in [4.69, 9.17) is 4.74 Å². The molecular formula is C17H30N2O2. The van der Waals surface area contributed by atoms with E-state index in [0.717, 1.165) is 18.4 Å². The van der Waals surface area contributed by atoms with Crippen molar-refractivity contribution < 1.29 is 9.53 Å². The molecule has 0 spiro atoms. The summed E-state index contributed by atoms with van der Waals surface area (Å²) < 4.78 is 5.34.